The summed E-state index contributed by atoms with van der Waals surface area (Å²) in [6.45, 7) is 7.27. The Labute approximate surface area is 141 Å². The SMILES string of the molecule is CC(C)(C)OC(=O)N1CCC(NC(=O)N2CC[C@H]3NC(=O)C32)CC1. The molecule has 3 aliphatic heterocycles. The number of nitrogens with zero attached hydrogens (tertiary/aromatic N) is 2. The molecule has 0 saturated carbocycles. The summed E-state index contributed by atoms with van der Waals surface area (Å²) >= 11 is 0. The molecule has 3 fully saturated rings. The van der Waals surface area contributed by atoms with E-state index in [4.69, 9.17) is 4.74 Å². The maximum Gasteiger partial charge on any atom is 0.410 e. The third kappa shape index (κ3) is 3.42. The molecule has 1 unspecified atom stereocenters. The zero-order chi connectivity index (χ0) is 17.5. The first-order valence-corrected chi connectivity index (χ1v) is 8.60. The van der Waals surface area contributed by atoms with E-state index in [2.05, 4.69) is 10.6 Å². The fraction of sp³-hybridized carbons (Fsp3) is 0.812. The predicted molar refractivity (Wildman–Crippen MR) is 86.4 cm³/mol. The van der Waals surface area contributed by atoms with Crippen LogP contribution in [0.2, 0.25) is 0 Å². The van der Waals surface area contributed by atoms with Crippen LogP contribution in [0.5, 0.6) is 0 Å². The summed E-state index contributed by atoms with van der Waals surface area (Å²) in [4.78, 5) is 39.3. The monoisotopic (exact) mass is 338 g/mol. The Balaban J connectivity index is 1.45. The molecule has 24 heavy (non-hydrogen) atoms. The number of carbonyl (C=O) groups excluding carboxylic acids is 3. The fourth-order valence-corrected chi connectivity index (χ4v) is 3.46. The Hall–Kier alpha value is -1.99. The van der Waals surface area contributed by atoms with Gasteiger partial charge in [-0.3, -0.25) is 4.79 Å². The molecule has 0 aromatic rings. The number of nitrogens with one attached hydrogen (secondary N) is 2. The molecule has 2 atom stereocenters. The molecule has 0 bridgehead atoms. The van der Waals surface area contributed by atoms with Crippen molar-refractivity contribution in [1.29, 1.82) is 0 Å². The number of fused-ring (bicyclic) bond motifs is 1. The van der Waals surface area contributed by atoms with Gasteiger partial charge in [-0.25, -0.2) is 9.59 Å². The second-order valence-corrected chi connectivity index (χ2v) is 7.73. The molecule has 3 rings (SSSR count). The number of hydrogen-bond acceptors (Lipinski definition) is 4. The Kier molecular flexibility index (Phi) is 4.31. The van der Waals surface area contributed by atoms with Crippen molar-refractivity contribution >= 4 is 18.0 Å². The van der Waals surface area contributed by atoms with E-state index in [0.29, 0.717) is 32.5 Å². The molecule has 3 heterocycles. The van der Waals surface area contributed by atoms with E-state index < -0.39 is 5.60 Å². The van der Waals surface area contributed by atoms with E-state index in [1.807, 2.05) is 20.8 Å². The minimum absolute atomic E-state index is 0.0263. The van der Waals surface area contributed by atoms with Gasteiger partial charge in [-0.05, 0) is 40.0 Å². The molecular weight excluding hydrogens is 312 g/mol. The van der Waals surface area contributed by atoms with Crippen LogP contribution in [0.1, 0.15) is 40.0 Å². The van der Waals surface area contributed by atoms with Crippen molar-refractivity contribution in [3.63, 3.8) is 0 Å². The Morgan fingerprint density at radius 1 is 1.17 bits per heavy atom. The highest BCUT2D eigenvalue weighted by Gasteiger charge is 2.50. The maximum atomic E-state index is 12.4. The van der Waals surface area contributed by atoms with Crippen LogP contribution in [0.15, 0.2) is 0 Å². The van der Waals surface area contributed by atoms with Gasteiger partial charge in [0.2, 0.25) is 5.91 Å². The minimum Gasteiger partial charge on any atom is -0.444 e. The summed E-state index contributed by atoms with van der Waals surface area (Å²) in [5.74, 6) is -0.0626. The van der Waals surface area contributed by atoms with E-state index in [9.17, 15) is 14.4 Å². The predicted octanol–water partition coefficient (Wildman–Crippen LogP) is 0.668. The second kappa shape index (κ2) is 6.14. The summed E-state index contributed by atoms with van der Waals surface area (Å²) < 4.78 is 5.37. The molecule has 8 heteroatoms. The van der Waals surface area contributed by atoms with Crippen molar-refractivity contribution in [2.75, 3.05) is 19.6 Å². The van der Waals surface area contributed by atoms with E-state index in [1.165, 1.54) is 0 Å². The Morgan fingerprint density at radius 2 is 1.83 bits per heavy atom. The van der Waals surface area contributed by atoms with Crippen LogP contribution >= 0.6 is 0 Å². The molecule has 0 aromatic heterocycles. The number of rotatable bonds is 1. The van der Waals surface area contributed by atoms with E-state index in [0.717, 1.165) is 6.42 Å². The van der Waals surface area contributed by atoms with Gasteiger partial charge in [-0.2, -0.15) is 0 Å². The first kappa shape index (κ1) is 16.9. The van der Waals surface area contributed by atoms with Crippen LogP contribution in [-0.2, 0) is 9.53 Å². The summed E-state index contributed by atoms with van der Waals surface area (Å²) in [5, 5.41) is 5.81. The normalized spacial score (nSPS) is 27.2. The third-order valence-corrected chi connectivity index (χ3v) is 4.73. The molecule has 3 saturated heterocycles. The lowest BCUT2D eigenvalue weighted by Gasteiger charge is -2.37. The van der Waals surface area contributed by atoms with E-state index in [1.54, 1.807) is 9.80 Å². The number of ether oxygens (including phenoxy) is 1. The smallest absolute Gasteiger partial charge is 0.410 e. The average Bonchev–Trinajstić information content (AvgIpc) is 2.83. The highest BCUT2D eigenvalue weighted by Crippen LogP contribution is 2.25. The third-order valence-electron chi connectivity index (χ3n) is 4.73. The van der Waals surface area contributed by atoms with Crippen molar-refractivity contribution in [2.45, 2.75) is 63.8 Å². The second-order valence-electron chi connectivity index (χ2n) is 7.73. The van der Waals surface area contributed by atoms with Gasteiger partial charge >= 0.3 is 12.1 Å². The van der Waals surface area contributed by atoms with Crippen LogP contribution in [-0.4, -0.2) is 71.2 Å². The topological polar surface area (TPSA) is 91.0 Å². The number of likely N-dealkylation sites (tertiary alicyclic amines) is 2. The van der Waals surface area contributed by atoms with Crippen molar-refractivity contribution in [2.24, 2.45) is 0 Å². The van der Waals surface area contributed by atoms with Gasteiger partial charge in [0.1, 0.15) is 11.6 Å². The Morgan fingerprint density at radius 3 is 2.42 bits per heavy atom. The first-order chi connectivity index (χ1) is 11.2. The van der Waals surface area contributed by atoms with Gasteiger partial charge in [-0.1, -0.05) is 0 Å². The molecule has 0 aromatic carbocycles. The number of carbonyl (C=O) groups is 3. The molecule has 4 amide bonds. The highest BCUT2D eigenvalue weighted by molar-refractivity contribution is 5.94. The van der Waals surface area contributed by atoms with Gasteiger partial charge in [0, 0.05) is 25.7 Å². The zero-order valence-electron chi connectivity index (χ0n) is 14.5. The standard InChI is InChI=1S/C16H26N4O4/c1-16(2,3)24-15(23)19-7-4-10(5-8-19)17-14(22)20-9-6-11-12(20)13(21)18-11/h10-12H,4-9H2,1-3H3,(H,17,22)(H,18,21)/t11-,12?/m1/s1. The van der Waals surface area contributed by atoms with Crippen LogP contribution < -0.4 is 10.6 Å². The molecule has 134 valence electrons. The quantitative estimate of drug-likeness (QED) is 0.688. The summed E-state index contributed by atoms with van der Waals surface area (Å²) in [6.07, 6.45) is 1.90. The van der Waals surface area contributed by atoms with Gasteiger partial charge in [0.15, 0.2) is 0 Å². The minimum atomic E-state index is -0.502. The summed E-state index contributed by atoms with van der Waals surface area (Å²) in [7, 11) is 0. The van der Waals surface area contributed by atoms with Crippen molar-refractivity contribution in [3.05, 3.63) is 0 Å². The molecule has 8 nitrogen and oxygen atoms in total. The molecule has 0 spiro atoms. The van der Waals surface area contributed by atoms with Gasteiger partial charge in [-0.15, -0.1) is 0 Å². The molecule has 3 aliphatic rings. The van der Waals surface area contributed by atoms with Crippen LogP contribution in [0.25, 0.3) is 0 Å². The van der Waals surface area contributed by atoms with Gasteiger partial charge in [0.25, 0.3) is 0 Å². The average molecular weight is 338 g/mol. The number of amides is 4. The Bertz CT molecular complexity index is 537. The van der Waals surface area contributed by atoms with Crippen molar-refractivity contribution < 1.29 is 19.1 Å². The molecular formula is C16H26N4O4. The fourth-order valence-electron chi connectivity index (χ4n) is 3.46. The summed E-state index contributed by atoms with van der Waals surface area (Å²) in [5.41, 5.74) is -0.502. The molecule has 0 aliphatic carbocycles. The lowest BCUT2D eigenvalue weighted by atomic mass is 10.0. The molecule has 2 N–H and O–H groups in total. The lowest BCUT2D eigenvalue weighted by molar-refractivity contribution is -0.132. The maximum absolute atomic E-state index is 12.4. The van der Waals surface area contributed by atoms with Crippen LogP contribution in [0.4, 0.5) is 9.59 Å². The van der Waals surface area contributed by atoms with Crippen LogP contribution in [0, 0.1) is 0 Å². The van der Waals surface area contributed by atoms with Crippen LogP contribution in [0.3, 0.4) is 0 Å². The van der Waals surface area contributed by atoms with Gasteiger partial charge < -0.3 is 25.2 Å². The largest absolute Gasteiger partial charge is 0.444 e. The summed E-state index contributed by atoms with van der Waals surface area (Å²) in [6, 6.07) is -0.324. The number of piperidine rings is 1. The first-order valence-electron chi connectivity index (χ1n) is 8.60. The highest BCUT2D eigenvalue weighted by atomic mass is 16.6. The number of β-lactam (4-membered cyclic amide) rings is 1. The van der Waals surface area contributed by atoms with E-state index in [-0.39, 0.29) is 36.2 Å². The van der Waals surface area contributed by atoms with Crippen molar-refractivity contribution in [1.82, 2.24) is 20.4 Å². The van der Waals surface area contributed by atoms with E-state index >= 15 is 0 Å². The zero-order valence-corrected chi connectivity index (χ0v) is 14.5. The molecule has 0 radical (unpaired) electrons. The van der Waals surface area contributed by atoms with Crippen molar-refractivity contribution in [3.8, 4) is 0 Å². The number of hydrogen-bond donors (Lipinski definition) is 2. The lowest BCUT2D eigenvalue weighted by Crippen LogP contribution is -2.66. The van der Waals surface area contributed by atoms with Gasteiger partial charge in [0.05, 0.1) is 6.04 Å². The number of urea groups is 1.